The van der Waals surface area contributed by atoms with Gasteiger partial charge in [0.15, 0.2) is 12.0 Å². The smallest absolute Gasteiger partial charge is 0.182 e. The number of oxazole rings is 1. The van der Waals surface area contributed by atoms with E-state index in [2.05, 4.69) is 30.1 Å². The van der Waals surface area contributed by atoms with Gasteiger partial charge in [0.05, 0.1) is 0 Å². The second-order valence-corrected chi connectivity index (χ2v) is 3.82. The fourth-order valence-electron chi connectivity index (χ4n) is 1.98. The van der Waals surface area contributed by atoms with Crippen molar-refractivity contribution in [2.45, 2.75) is 6.92 Å². The van der Waals surface area contributed by atoms with Gasteiger partial charge in [-0.2, -0.15) is 0 Å². The second kappa shape index (κ2) is 3.49. The first-order valence-corrected chi connectivity index (χ1v) is 5.24. The molecule has 2 aromatic carbocycles. The maximum atomic E-state index is 5.31. The van der Waals surface area contributed by atoms with Gasteiger partial charge in [0.1, 0.15) is 5.52 Å². The molecular weight excluding hydrogens is 198 g/mol. The highest BCUT2D eigenvalue weighted by atomic mass is 16.3. The molecule has 0 aliphatic carbocycles. The Kier molecular flexibility index (Phi) is 2.00. The molecule has 0 unspecified atom stereocenters. The Balaban J connectivity index is 2.34. The second-order valence-electron chi connectivity index (χ2n) is 3.82. The van der Waals surface area contributed by atoms with Crippen molar-refractivity contribution in [3.05, 3.63) is 54.4 Å². The van der Waals surface area contributed by atoms with Crippen LogP contribution >= 0.6 is 0 Å². The van der Waals surface area contributed by atoms with Crippen molar-refractivity contribution in [2.24, 2.45) is 0 Å². The first-order chi connectivity index (χ1) is 7.86. The number of para-hydroxylation sites is 1. The molecule has 16 heavy (non-hydrogen) atoms. The molecular formula is C14H11NO. The molecule has 0 saturated heterocycles. The molecule has 0 amide bonds. The maximum absolute atomic E-state index is 5.31. The van der Waals surface area contributed by atoms with E-state index in [4.69, 9.17) is 4.42 Å². The zero-order valence-corrected chi connectivity index (χ0v) is 8.97. The monoisotopic (exact) mass is 209 g/mol. The first-order valence-electron chi connectivity index (χ1n) is 5.24. The van der Waals surface area contributed by atoms with Gasteiger partial charge in [-0.05, 0) is 24.1 Å². The molecule has 0 aliphatic heterocycles. The predicted octanol–water partition coefficient (Wildman–Crippen LogP) is 3.80. The molecule has 0 spiro atoms. The van der Waals surface area contributed by atoms with E-state index in [9.17, 15) is 0 Å². The number of hydrogen-bond donors (Lipinski definition) is 0. The van der Waals surface area contributed by atoms with Crippen LogP contribution < -0.4 is 0 Å². The Labute approximate surface area is 93.5 Å². The van der Waals surface area contributed by atoms with Crippen molar-refractivity contribution in [1.82, 2.24) is 4.98 Å². The minimum absolute atomic E-state index is 0.834. The van der Waals surface area contributed by atoms with Gasteiger partial charge < -0.3 is 4.42 Å². The standard InChI is InChI=1S/C14H11NO/c1-10-5-2-3-6-11(10)12-7-4-8-13-14(12)15-9-16-13/h2-9H,1H3. The number of nitrogens with zero attached hydrogens (tertiary/aromatic N) is 1. The third-order valence-electron chi connectivity index (χ3n) is 2.80. The highest BCUT2D eigenvalue weighted by Gasteiger charge is 2.08. The van der Waals surface area contributed by atoms with E-state index < -0.39 is 0 Å². The first kappa shape index (κ1) is 9.16. The third-order valence-corrected chi connectivity index (χ3v) is 2.80. The van der Waals surface area contributed by atoms with Gasteiger partial charge in [0.2, 0.25) is 0 Å². The Morgan fingerprint density at radius 2 is 1.75 bits per heavy atom. The van der Waals surface area contributed by atoms with E-state index in [-0.39, 0.29) is 0 Å². The van der Waals surface area contributed by atoms with Gasteiger partial charge in [-0.15, -0.1) is 0 Å². The molecule has 0 fully saturated rings. The Hall–Kier alpha value is -2.09. The fourth-order valence-corrected chi connectivity index (χ4v) is 1.98. The quantitative estimate of drug-likeness (QED) is 0.609. The number of benzene rings is 2. The van der Waals surface area contributed by atoms with Gasteiger partial charge in [-0.25, -0.2) is 4.98 Å². The molecule has 3 aromatic rings. The summed E-state index contributed by atoms with van der Waals surface area (Å²) in [6.07, 6.45) is 1.49. The largest absolute Gasteiger partial charge is 0.443 e. The molecule has 0 saturated carbocycles. The number of hydrogen-bond acceptors (Lipinski definition) is 2. The Morgan fingerprint density at radius 1 is 0.938 bits per heavy atom. The van der Waals surface area contributed by atoms with E-state index in [0.29, 0.717) is 0 Å². The summed E-state index contributed by atoms with van der Waals surface area (Å²) in [5.41, 5.74) is 5.35. The number of rotatable bonds is 1. The molecule has 1 aromatic heterocycles. The number of aryl methyl sites for hydroxylation is 1. The van der Waals surface area contributed by atoms with Crippen molar-refractivity contribution in [2.75, 3.05) is 0 Å². The van der Waals surface area contributed by atoms with Crippen LogP contribution in [-0.4, -0.2) is 4.98 Å². The average Bonchev–Trinajstić information content (AvgIpc) is 2.77. The van der Waals surface area contributed by atoms with Crippen LogP contribution in [0, 0.1) is 6.92 Å². The highest BCUT2D eigenvalue weighted by Crippen LogP contribution is 2.29. The van der Waals surface area contributed by atoms with Crippen molar-refractivity contribution >= 4 is 11.1 Å². The van der Waals surface area contributed by atoms with Crippen LogP contribution in [0.4, 0.5) is 0 Å². The van der Waals surface area contributed by atoms with Crippen LogP contribution in [0.2, 0.25) is 0 Å². The van der Waals surface area contributed by atoms with Gasteiger partial charge >= 0.3 is 0 Å². The van der Waals surface area contributed by atoms with E-state index in [1.165, 1.54) is 17.5 Å². The van der Waals surface area contributed by atoms with E-state index >= 15 is 0 Å². The van der Waals surface area contributed by atoms with Crippen molar-refractivity contribution in [1.29, 1.82) is 0 Å². The lowest BCUT2D eigenvalue weighted by atomic mass is 10.00. The van der Waals surface area contributed by atoms with Gasteiger partial charge in [0, 0.05) is 5.56 Å². The minimum atomic E-state index is 0.834. The summed E-state index contributed by atoms with van der Waals surface area (Å²) in [5.74, 6) is 0. The molecule has 78 valence electrons. The third kappa shape index (κ3) is 1.31. The van der Waals surface area contributed by atoms with Crippen LogP contribution in [0.25, 0.3) is 22.2 Å². The number of fused-ring (bicyclic) bond motifs is 1. The minimum Gasteiger partial charge on any atom is -0.443 e. The van der Waals surface area contributed by atoms with Crippen LogP contribution in [0.15, 0.2) is 53.3 Å². The molecule has 0 radical (unpaired) electrons. The summed E-state index contributed by atoms with van der Waals surface area (Å²) in [4.78, 5) is 4.27. The molecule has 1 heterocycles. The Bertz CT molecular complexity index is 640. The summed E-state index contributed by atoms with van der Waals surface area (Å²) in [5, 5.41) is 0. The summed E-state index contributed by atoms with van der Waals surface area (Å²) >= 11 is 0. The maximum Gasteiger partial charge on any atom is 0.182 e. The highest BCUT2D eigenvalue weighted by molar-refractivity contribution is 5.91. The summed E-state index contributed by atoms with van der Waals surface area (Å²) in [6, 6.07) is 14.3. The van der Waals surface area contributed by atoms with Crippen molar-refractivity contribution < 1.29 is 4.42 Å². The van der Waals surface area contributed by atoms with Gasteiger partial charge in [-0.3, -0.25) is 0 Å². The zero-order valence-electron chi connectivity index (χ0n) is 8.97. The van der Waals surface area contributed by atoms with Crippen molar-refractivity contribution in [3.8, 4) is 11.1 Å². The van der Waals surface area contributed by atoms with E-state index in [0.717, 1.165) is 16.7 Å². The average molecular weight is 209 g/mol. The normalized spacial score (nSPS) is 10.8. The summed E-state index contributed by atoms with van der Waals surface area (Å²) in [6.45, 7) is 2.11. The topological polar surface area (TPSA) is 26.0 Å². The summed E-state index contributed by atoms with van der Waals surface area (Å²) < 4.78 is 5.31. The van der Waals surface area contributed by atoms with E-state index in [1.54, 1.807) is 0 Å². The van der Waals surface area contributed by atoms with E-state index in [1.807, 2.05) is 24.3 Å². The van der Waals surface area contributed by atoms with Gasteiger partial charge in [-0.1, -0.05) is 36.4 Å². The lowest BCUT2D eigenvalue weighted by Crippen LogP contribution is -1.83. The zero-order chi connectivity index (χ0) is 11.0. The molecule has 0 atom stereocenters. The van der Waals surface area contributed by atoms with Crippen LogP contribution in [0.5, 0.6) is 0 Å². The van der Waals surface area contributed by atoms with Crippen LogP contribution in [0.3, 0.4) is 0 Å². The number of aromatic nitrogens is 1. The predicted molar refractivity (Wildman–Crippen MR) is 64.2 cm³/mol. The molecule has 0 aliphatic rings. The van der Waals surface area contributed by atoms with Gasteiger partial charge in [0.25, 0.3) is 0 Å². The molecule has 2 nitrogen and oxygen atoms in total. The van der Waals surface area contributed by atoms with Crippen LogP contribution in [-0.2, 0) is 0 Å². The molecule has 2 heteroatoms. The molecule has 0 N–H and O–H groups in total. The molecule has 3 rings (SSSR count). The lowest BCUT2D eigenvalue weighted by Gasteiger charge is -2.05. The van der Waals surface area contributed by atoms with Crippen molar-refractivity contribution in [3.63, 3.8) is 0 Å². The Morgan fingerprint density at radius 3 is 2.62 bits per heavy atom. The van der Waals surface area contributed by atoms with Crippen LogP contribution in [0.1, 0.15) is 5.56 Å². The fraction of sp³-hybridized carbons (Fsp3) is 0.0714. The SMILES string of the molecule is Cc1ccccc1-c1cccc2ocnc12. The molecule has 0 bridgehead atoms. The lowest BCUT2D eigenvalue weighted by molar-refractivity contribution is 0.602. The summed E-state index contributed by atoms with van der Waals surface area (Å²) in [7, 11) is 0.